The largest absolute Gasteiger partial charge is 0.478 e. The molecule has 0 saturated carbocycles. The number of aromatic amines is 1. The second-order valence-electron chi connectivity index (χ2n) is 4.57. The zero-order chi connectivity index (χ0) is 15.0. The van der Waals surface area contributed by atoms with Crippen LogP contribution in [0.5, 0.6) is 0 Å². The molecule has 0 spiro atoms. The maximum absolute atomic E-state index is 12.6. The number of ketones is 1. The molecule has 0 bridgehead atoms. The Labute approximate surface area is 125 Å². The molecule has 0 amide bonds. The number of rotatable bonds is 3. The number of carbonyl (C=O) groups is 2. The maximum Gasteiger partial charge on any atom is 0.336 e. The Morgan fingerprint density at radius 3 is 2.43 bits per heavy atom. The minimum atomic E-state index is -1.12. The Morgan fingerprint density at radius 2 is 1.71 bits per heavy atom. The summed E-state index contributed by atoms with van der Waals surface area (Å²) in [5.74, 6) is -1.46. The fourth-order valence-corrected chi connectivity index (χ4v) is 2.47. The number of carboxylic acid groups (broad SMARTS) is 1. The lowest BCUT2D eigenvalue weighted by Crippen LogP contribution is -2.09. The summed E-state index contributed by atoms with van der Waals surface area (Å²) in [4.78, 5) is 26.8. The van der Waals surface area contributed by atoms with E-state index >= 15 is 0 Å². The van der Waals surface area contributed by atoms with Gasteiger partial charge < -0.3 is 10.1 Å². The van der Waals surface area contributed by atoms with Crippen LogP contribution in [-0.4, -0.2) is 21.8 Å². The zero-order valence-electron chi connectivity index (χ0n) is 10.8. The molecule has 0 saturated heterocycles. The van der Waals surface area contributed by atoms with Crippen molar-refractivity contribution in [1.82, 2.24) is 4.98 Å². The molecule has 1 heterocycles. The third-order valence-electron chi connectivity index (χ3n) is 3.29. The van der Waals surface area contributed by atoms with E-state index in [0.29, 0.717) is 16.0 Å². The summed E-state index contributed by atoms with van der Waals surface area (Å²) in [5, 5.41) is 10.5. The van der Waals surface area contributed by atoms with Crippen LogP contribution in [0, 0.1) is 0 Å². The Bertz CT molecular complexity index is 867. The maximum atomic E-state index is 12.6. The third-order valence-corrected chi connectivity index (χ3v) is 3.53. The number of halogens is 1. The van der Waals surface area contributed by atoms with Crippen LogP contribution in [0.1, 0.15) is 26.3 Å². The number of hydrogen-bond acceptors (Lipinski definition) is 2. The van der Waals surface area contributed by atoms with E-state index in [0.717, 1.165) is 5.52 Å². The molecular weight excluding hydrogens is 290 g/mol. The van der Waals surface area contributed by atoms with Gasteiger partial charge in [0.25, 0.3) is 0 Å². The van der Waals surface area contributed by atoms with Crippen LogP contribution in [0.4, 0.5) is 0 Å². The molecule has 0 aliphatic rings. The number of carboxylic acids is 1. The Morgan fingerprint density at radius 1 is 1.00 bits per heavy atom. The average molecular weight is 300 g/mol. The van der Waals surface area contributed by atoms with Crippen LogP contribution in [0.3, 0.4) is 0 Å². The molecule has 4 nitrogen and oxygen atoms in total. The zero-order valence-corrected chi connectivity index (χ0v) is 11.5. The van der Waals surface area contributed by atoms with E-state index in [4.69, 9.17) is 11.6 Å². The van der Waals surface area contributed by atoms with Crippen LogP contribution in [-0.2, 0) is 0 Å². The number of H-pyrrole nitrogens is 1. The molecule has 2 N–H and O–H groups in total. The van der Waals surface area contributed by atoms with E-state index in [1.54, 1.807) is 36.5 Å². The molecule has 0 atom stereocenters. The number of benzene rings is 2. The summed E-state index contributed by atoms with van der Waals surface area (Å²) in [6, 6.07) is 11.3. The molecule has 21 heavy (non-hydrogen) atoms. The number of hydrogen-bond donors (Lipinski definition) is 2. The van der Waals surface area contributed by atoms with Crippen molar-refractivity contribution in [2.24, 2.45) is 0 Å². The minimum absolute atomic E-state index is 0.00851. The smallest absolute Gasteiger partial charge is 0.336 e. The van der Waals surface area contributed by atoms with Gasteiger partial charge in [-0.25, -0.2) is 4.79 Å². The lowest BCUT2D eigenvalue weighted by Gasteiger charge is -2.04. The fraction of sp³-hybridized carbons (Fsp3) is 0. The molecular formula is C16H10ClNO3. The average Bonchev–Trinajstić information content (AvgIpc) is 2.89. The van der Waals surface area contributed by atoms with Gasteiger partial charge in [0.1, 0.15) is 0 Å². The van der Waals surface area contributed by atoms with Gasteiger partial charge in [-0.2, -0.15) is 0 Å². The van der Waals surface area contributed by atoms with E-state index < -0.39 is 5.97 Å². The number of carbonyl (C=O) groups excluding carboxylic acids is 1. The molecule has 0 aliphatic heterocycles. The topological polar surface area (TPSA) is 70.2 Å². The first kappa shape index (κ1) is 13.4. The van der Waals surface area contributed by atoms with E-state index in [2.05, 4.69) is 4.98 Å². The van der Waals surface area contributed by atoms with Gasteiger partial charge in [0, 0.05) is 33.2 Å². The molecule has 1 aromatic heterocycles. The van der Waals surface area contributed by atoms with Gasteiger partial charge in [-0.1, -0.05) is 35.9 Å². The summed E-state index contributed by atoms with van der Waals surface area (Å²) in [7, 11) is 0. The number of aromatic nitrogens is 1. The highest BCUT2D eigenvalue weighted by Gasteiger charge is 2.19. The van der Waals surface area contributed by atoms with E-state index in [1.165, 1.54) is 12.1 Å². The highest BCUT2D eigenvalue weighted by molar-refractivity contribution is 6.31. The van der Waals surface area contributed by atoms with Crippen LogP contribution in [0.25, 0.3) is 10.9 Å². The molecule has 3 aromatic rings. The van der Waals surface area contributed by atoms with Crippen molar-refractivity contribution in [1.29, 1.82) is 0 Å². The lowest BCUT2D eigenvalue weighted by atomic mass is 9.98. The summed E-state index contributed by atoms with van der Waals surface area (Å²) in [6.45, 7) is 0. The quantitative estimate of drug-likeness (QED) is 0.724. The molecule has 0 unspecified atom stereocenters. The van der Waals surface area contributed by atoms with Gasteiger partial charge in [-0.15, -0.1) is 0 Å². The first-order chi connectivity index (χ1) is 10.1. The number of nitrogens with one attached hydrogen (secondary N) is 1. The minimum Gasteiger partial charge on any atom is -0.478 e. The Hall–Kier alpha value is -2.59. The van der Waals surface area contributed by atoms with Gasteiger partial charge in [0.15, 0.2) is 5.78 Å². The monoisotopic (exact) mass is 299 g/mol. The molecule has 3 rings (SSSR count). The molecule has 104 valence electrons. The van der Waals surface area contributed by atoms with Crippen LogP contribution in [0.15, 0.2) is 48.7 Å². The molecule has 5 heteroatoms. The normalized spacial score (nSPS) is 10.7. The second-order valence-corrected chi connectivity index (χ2v) is 5.01. The second kappa shape index (κ2) is 5.07. The first-order valence-electron chi connectivity index (χ1n) is 6.21. The Kier molecular flexibility index (Phi) is 3.23. The van der Waals surface area contributed by atoms with Gasteiger partial charge in [-0.05, 0) is 18.2 Å². The van der Waals surface area contributed by atoms with E-state index in [1.807, 2.05) is 0 Å². The predicted octanol–water partition coefficient (Wildman–Crippen LogP) is 3.75. The summed E-state index contributed by atoms with van der Waals surface area (Å²) >= 11 is 5.91. The molecule has 2 aromatic carbocycles. The van der Waals surface area contributed by atoms with Gasteiger partial charge in [0.05, 0.1) is 5.56 Å². The van der Waals surface area contributed by atoms with E-state index in [-0.39, 0.29) is 16.9 Å². The standard InChI is InChI=1S/C16H10ClNO3/c17-9-5-6-10-13(8-18-14(10)7-9)15(19)11-3-1-2-4-12(11)16(20)21/h1-8,18H,(H,20,21). The van der Waals surface area contributed by atoms with Crippen molar-refractivity contribution in [2.45, 2.75) is 0 Å². The van der Waals surface area contributed by atoms with Gasteiger partial charge >= 0.3 is 5.97 Å². The fourth-order valence-electron chi connectivity index (χ4n) is 2.30. The van der Waals surface area contributed by atoms with Crippen LogP contribution < -0.4 is 0 Å². The van der Waals surface area contributed by atoms with Crippen molar-refractivity contribution >= 4 is 34.3 Å². The van der Waals surface area contributed by atoms with Crippen molar-refractivity contribution in [3.05, 3.63) is 70.4 Å². The van der Waals surface area contributed by atoms with Crippen molar-refractivity contribution in [2.75, 3.05) is 0 Å². The predicted molar refractivity (Wildman–Crippen MR) is 80.1 cm³/mol. The van der Waals surface area contributed by atoms with Crippen LogP contribution in [0.2, 0.25) is 5.02 Å². The van der Waals surface area contributed by atoms with Crippen LogP contribution >= 0.6 is 11.6 Å². The molecule has 0 aliphatic carbocycles. The SMILES string of the molecule is O=C(O)c1ccccc1C(=O)c1c[nH]c2cc(Cl)ccc12. The van der Waals surface area contributed by atoms with Crippen molar-refractivity contribution in [3.63, 3.8) is 0 Å². The van der Waals surface area contributed by atoms with Gasteiger partial charge in [0.2, 0.25) is 0 Å². The summed E-state index contributed by atoms with van der Waals surface area (Å²) in [5.41, 5.74) is 1.32. The van der Waals surface area contributed by atoms with E-state index in [9.17, 15) is 14.7 Å². The number of fused-ring (bicyclic) bond motifs is 1. The van der Waals surface area contributed by atoms with Crippen molar-refractivity contribution < 1.29 is 14.7 Å². The van der Waals surface area contributed by atoms with Gasteiger partial charge in [-0.3, -0.25) is 4.79 Å². The number of aromatic carboxylic acids is 1. The third kappa shape index (κ3) is 2.30. The molecule has 0 fully saturated rings. The Balaban J connectivity index is 2.15. The highest BCUT2D eigenvalue weighted by atomic mass is 35.5. The first-order valence-corrected chi connectivity index (χ1v) is 6.59. The molecule has 0 radical (unpaired) electrons. The summed E-state index contributed by atoms with van der Waals surface area (Å²) < 4.78 is 0. The highest BCUT2D eigenvalue weighted by Crippen LogP contribution is 2.25. The van der Waals surface area contributed by atoms with Crippen molar-refractivity contribution in [3.8, 4) is 0 Å². The summed E-state index contributed by atoms with van der Waals surface area (Å²) in [6.07, 6.45) is 1.57. The lowest BCUT2D eigenvalue weighted by molar-refractivity contribution is 0.0693.